The van der Waals surface area contributed by atoms with Crippen LogP contribution >= 0.6 is 0 Å². The number of hydrogen-bond acceptors (Lipinski definition) is 7. The maximum Gasteiger partial charge on any atom is 0.315 e. The van der Waals surface area contributed by atoms with Crippen molar-refractivity contribution < 1.29 is 32.4 Å². The van der Waals surface area contributed by atoms with Crippen LogP contribution in [-0.4, -0.2) is 90.1 Å². The van der Waals surface area contributed by atoms with Gasteiger partial charge in [0.25, 0.3) is 5.91 Å². The summed E-state index contributed by atoms with van der Waals surface area (Å²) in [7, 11) is -3.59. The Labute approximate surface area is 299 Å². The molecule has 280 valence electrons. The molecule has 4 N–H and O–H groups in total. The predicted molar refractivity (Wildman–Crippen MR) is 194 cm³/mol. The lowest BCUT2D eigenvalue weighted by molar-refractivity contribution is -0.145. The number of carbonyl (C=O) groups is 5. The molecule has 1 unspecified atom stereocenters. The molecule has 5 amide bonds. The van der Waals surface area contributed by atoms with Gasteiger partial charge in [-0.3, -0.25) is 19.2 Å². The van der Waals surface area contributed by atoms with E-state index in [1.54, 1.807) is 41.5 Å². The van der Waals surface area contributed by atoms with E-state index in [2.05, 4.69) is 33.1 Å². The molecule has 2 aliphatic rings. The molecule has 1 saturated heterocycles. The van der Waals surface area contributed by atoms with Crippen LogP contribution < -0.4 is 21.3 Å². The van der Waals surface area contributed by atoms with Crippen LogP contribution in [0.1, 0.15) is 114 Å². The number of nitrogens with zero attached hydrogens (tertiary/aromatic N) is 1. The second-order valence-corrected chi connectivity index (χ2v) is 19.6. The SMILES string of the molecule is C#CCCC(NC(=O)[C@@H]1[C@H](C(C)(C)C)CCN1C(=O)[C@@H](NC(=O)NC1(CS(=O)(=O)C(C)(C)C)CCCCC1)C(C)(C)C)C(=O)C(=O)NCC#C. The number of nitrogens with one attached hydrogen (secondary N) is 4. The van der Waals surface area contributed by atoms with Crippen molar-refractivity contribution in [3.05, 3.63) is 0 Å². The molecule has 1 saturated carbocycles. The number of likely N-dealkylation sites (tertiary alicyclic amines) is 1. The number of terminal acetylenes is 2. The topological polar surface area (TPSA) is 171 Å². The van der Waals surface area contributed by atoms with E-state index in [-0.39, 0.29) is 37.6 Å². The largest absolute Gasteiger partial charge is 0.344 e. The number of amides is 5. The first-order valence-electron chi connectivity index (χ1n) is 17.5. The summed E-state index contributed by atoms with van der Waals surface area (Å²) >= 11 is 0. The fourth-order valence-corrected chi connectivity index (χ4v) is 8.26. The molecular formula is C37H59N5O7S. The third kappa shape index (κ3) is 11.0. The van der Waals surface area contributed by atoms with Crippen LogP contribution in [0.3, 0.4) is 0 Å². The van der Waals surface area contributed by atoms with Crippen LogP contribution in [0.25, 0.3) is 0 Å². The molecular weight excluding hydrogens is 659 g/mol. The zero-order valence-corrected chi connectivity index (χ0v) is 32.3. The summed E-state index contributed by atoms with van der Waals surface area (Å²) < 4.78 is 25.6. The van der Waals surface area contributed by atoms with Crippen molar-refractivity contribution in [1.82, 2.24) is 26.2 Å². The van der Waals surface area contributed by atoms with Crippen molar-refractivity contribution in [3.63, 3.8) is 0 Å². The Hall–Kier alpha value is -3.58. The number of ketones is 1. The van der Waals surface area contributed by atoms with Gasteiger partial charge in [0.2, 0.25) is 17.6 Å². The molecule has 12 nitrogen and oxygen atoms in total. The van der Waals surface area contributed by atoms with Crippen LogP contribution in [0.2, 0.25) is 0 Å². The van der Waals surface area contributed by atoms with Crippen molar-refractivity contribution in [2.24, 2.45) is 16.7 Å². The molecule has 1 heterocycles. The van der Waals surface area contributed by atoms with Gasteiger partial charge in [0.05, 0.1) is 28.6 Å². The summed E-state index contributed by atoms with van der Waals surface area (Å²) in [6.07, 6.45) is 14.7. The summed E-state index contributed by atoms with van der Waals surface area (Å²) in [6.45, 7) is 16.2. The van der Waals surface area contributed by atoms with Gasteiger partial charge >= 0.3 is 6.03 Å². The van der Waals surface area contributed by atoms with E-state index in [4.69, 9.17) is 12.8 Å². The molecule has 1 aliphatic carbocycles. The average Bonchev–Trinajstić information content (AvgIpc) is 3.45. The van der Waals surface area contributed by atoms with Crippen LogP contribution in [0, 0.1) is 41.4 Å². The fraction of sp³-hybridized carbons (Fsp3) is 0.757. The van der Waals surface area contributed by atoms with E-state index in [0.29, 0.717) is 19.3 Å². The molecule has 13 heteroatoms. The second-order valence-electron chi connectivity index (χ2n) is 16.9. The highest BCUT2D eigenvalue weighted by atomic mass is 32.2. The minimum absolute atomic E-state index is 0.00439. The molecule has 1 aliphatic heterocycles. The summed E-state index contributed by atoms with van der Waals surface area (Å²) in [6, 6.07) is -4.01. The molecule has 0 aromatic heterocycles. The number of rotatable bonds is 12. The minimum Gasteiger partial charge on any atom is -0.344 e. The van der Waals surface area contributed by atoms with Crippen molar-refractivity contribution in [2.45, 2.75) is 142 Å². The Bertz CT molecular complexity index is 1460. The van der Waals surface area contributed by atoms with Crippen LogP contribution in [0.15, 0.2) is 0 Å². The molecule has 4 atom stereocenters. The van der Waals surface area contributed by atoms with Crippen molar-refractivity contribution in [3.8, 4) is 24.7 Å². The van der Waals surface area contributed by atoms with Gasteiger partial charge in [0.1, 0.15) is 12.1 Å². The fourth-order valence-electron chi connectivity index (χ4n) is 6.74. The molecule has 0 spiro atoms. The first-order valence-corrected chi connectivity index (χ1v) is 19.2. The summed E-state index contributed by atoms with van der Waals surface area (Å²) in [5.74, 6) is 1.16. The van der Waals surface area contributed by atoms with Crippen LogP contribution in [-0.2, 0) is 29.0 Å². The normalized spacial score (nSPS) is 20.7. The lowest BCUT2D eigenvalue weighted by Crippen LogP contribution is -2.64. The molecule has 0 aromatic carbocycles. The Kier molecular flexibility index (Phi) is 14.2. The molecule has 50 heavy (non-hydrogen) atoms. The lowest BCUT2D eigenvalue weighted by Gasteiger charge is -2.41. The highest BCUT2D eigenvalue weighted by Crippen LogP contribution is 2.40. The smallest absolute Gasteiger partial charge is 0.315 e. The molecule has 0 bridgehead atoms. The highest BCUT2D eigenvalue weighted by molar-refractivity contribution is 7.92. The van der Waals surface area contributed by atoms with E-state index in [1.165, 1.54) is 4.90 Å². The Balaban J connectivity index is 2.43. The van der Waals surface area contributed by atoms with Gasteiger partial charge in [-0.15, -0.1) is 18.8 Å². The maximum absolute atomic E-state index is 14.5. The second kappa shape index (κ2) is 16.6. The lowest BCUT2D eigenvalue weighted by atomic mass is 9.75. The zero-order chi connectivity index (χ0) is 38.3. The maximum atomic E-state index is 14.5. The first kappa shape index (κ1) is 42.6. The molecule has 0 aromatic rings. The van der Waals surface area contributed by atoms with Crippen molar-refractivity contribution in [1.29, 1.82) is 0 Å². The van der Waals surface area contributed by atoms with Gasteiger partial charge in [-0.25, -0.2) is 13.2 Å². The Morgan fingerprint density at radius 1 is 0.900 bits per heavy atom. The quantitative estimate of drug-likeness (QED) is 0.178. The summed E-state index contributed by atoms with van der Waals surface area (Å²) in [4.78, 5) is 69.4. The number of hydrogen-bond donors (Lipinski definition) is 4. The van der Waals surface area contributed by atoms with E-state index in [1.807, 2.05) is 20.8 Å². The highest BCUT2D eigenvalue weighted by Gasteiger charge is 2.50. The zero-order valence-electron chi connectivity index (χ0n) is 31.5. The van der Waals surface area contributed by atoms with Crippen molar-refractivity contribution in [2.75, 3.05) is 18.8 Å². The van der Waals surface area contributed by atoms with Gasteiger partial charge in [-0.2, -0.15) is 0 Å². The summed E-state index contributed by atoms with van der Waals surface area (Å²) in [5, 5.41) is 10.9. The third-order valence-corrected chi connectivity index (χ3v) is 12.6. The van der Waals surface area contributed by atoms with E-state index < -0.39 is 78.6 Å². The van der Waals surface area contributed by atoms with Gasteiger partial charge in [0, 0.05) is 13.0 Å². The molecule has 0 radical (unpaired) electrons. The molecule has 2 rings (SSSR count). The van der Waals surface area contributed by atoms with E-state index in [9.17, 15) is 32.4 Å². The van der Waals surface area contributed by atoms with Crippen molar-refractivity contribution >= 4 is 39.4 Å². The van der Waals surface area contributed by atoms with Crippen LogP contribution in [0.4, 0.5) is 4.79 Å². The van der Waals surface area contributed by atoms with Gasteiger partial charge < -0.3 is 26.2 Å². The van der Waals surface area contributed by atoms with Gasteiger partial charge in [-0.05, 0) is 63.2 Å². The van der Waals surface area contributed by atoms with E-state index >= 15 is 0 Å². The number of urea groups is 1. The van der Waals surface area contributed by atoms with Gasteiger partial charge in [-0.1, -0.05) is 66.7 Å². The monoisotopic (exact) mass is 717 g/mol. The standard InChI is InChI=1S/C37H59N5O7S/c1-12-14-18-26(28(43)31(45)38-22-13-2)39-30(44)27-25(34(3,4)5)19-23-42(27)32(46)29(35(6,7)8)40-33(47)41-37(20-16-15-17-21-37)24-50(48,49)36(9,10)11/h1-2,25-27,29H,14-24H2,3-11H3,(H,38,45)(H,39,44)(H2,40,41,47)/t25-,26?,27+,29-/m1/s1. The first-order chi connectivity index (χ1) is 22.9. The number of sulfone groups is 1. The Morgan fingerprint density at radius 2 is 1.50 bits per heavy atom. The Morgan fingerprint density at radius 3 is 2.00 bits per heavy atom. The third-order valence-electron chi connectivity index (χ3n) is 9.82. The number of Topliss-reactive ketones (excluding diaryl/α,β-unsaturated/α-hetero) is 1. The minimum atomic E-state index is -3.59. The van der Waals surface area contributed by atoms with Crippen LogP contribution in [0.5, 0.6) is 0 Å². The summed E-state index contributed by atoms with van der Waals surface area (Å²) in [5.41, 5.74) is -2.24. The van der Waals surface area contributed by atoms with E-state index in [0.717, 1.165) is 19.3 Å². The number of carbonyl (C=O) groups excluding carboxylic acids is 5. The average molecular weight is 718 g/mol. The predicted octanol–water partition coefficient (Wildman–Crippen LogP) is 3.10. The van der Waals surface area contributed by atoms with Gasteiger partial charge in [0.15, 0.2) is 9.84 Å². The molecule has 2 fully saturated rings.